The Hall–Kier alpha value is -0.490. The Labute approximate surface area is 134 Å². The third-order valence-corrected chi connectivity index (χ3v) is 3.15. The van der Waals surface area contributed by atoms with Crippen molar-refractivity contribution in [1.82, 2.24) is 0 Å². The molecule has 0 radical (unpaired) electrons. The van der Waals surface area contributed by atoms with Gasteiger partial charge < -0.3 is 0 Å². The average Bonchev–Trinajstić information content (AvgIpc) is 2.22. The fraction of sp³-hybridized carbons (Fsp3) is 0.941. The molecule has 0 heterocycles. The minimum atomic E-state index is -0.720. The average molecular weight is 316 g/mol. The van der Waals surface area contributed by atoms with Crippen LogP contribution in [0.5, 0.6) is 0 Å². The van der Waals surface area contributed by atoms with Crippen LogP contribution < -0.4 is 0 Å². The second kappa shape index (κ2) is 6.95. The van der Waals surface area contributed by atoms with Gasteiger partial charge in [0, 0.05) is 18.8 Å². The van der Waals surface area contributed by atoms with E-state index < -0.39 is 17.5 Å². The van der Waals surface area contributed by atoms with Gasteiger partial charge in [-0.15, -0.1) is 0 Å². The molecular weight excluding hydrogens is 284 g/mol. The first-order valence-electron chi connectivity index (χ1n) is 7.98. The molecule has 5 heteroatoms. The van der Waals surface area contributed by atoms with Crippen LogP contribution in [0, 0.1) is 11.3 Å². The highest BCUT2D eigenvalue weighted by Gasteiger charge is 2.40. The number of hydrogen-bond donors (Lipinski definition) is 0. The van der Waals surface area contributed by atoms with Gasteiger partial charge in [-0.05, 0) is 53.4 Å². The lowest BCUT2D eigenvalue weighted by Gasteiger charge is -2.37. The van der Waals surface area contributed by atoms with E-state index in [9.17, 15) is 4.79 Å². The number of ketones is 1. The van der Waals surface area contributed by atoms with Crippen molar-refractivity contribution in [3.63, 3.8) is 0 Å². The Bertz CT molecular complexity index is 357. The minimum Gasteiger partial charge on any atom is -0.300 e. The minimum absolute atomic E-state index is 0.0611. The van der Waals surface area contributed by atoms with Crippen molar-refractivity contribution < 1.29 is 24.3 Å². The molecular formula is C17H32O5. The van der Waals surface area contributed by atoms with Gasteiger partial charge in [-0.3, -0.25) is 4.79 Å². The maximum absolute atomic E-state index is 12.0. The van der Waals surface area contributed by atoms with Gasteiger partial charge >= 0.3 is 0 Å². The molecule has 0 aromatic rings. The maximum atomic E-state index is 12.0. The van der Waals surface area contributed by atoms with E-state index in [1.807, 2.05) is 41.5 Å². The van der Waals surface area contributed by atoms with Crippen molar-refractivity contribution in [3.8, 4) is 0 Å². The van der Waals surface area contributed by atoms with E-state index in [-0.39, 0.29) is 17.1 Å². The van der Waals surface area contributed by atoms with Crippen LogP contribution in [0.1, 0.15) is 74.7 Å². The van der Waals surface area contributed by atoms with E-state index in [1.54, 1.807) is 0 Å². The van der Waals surface area contributed by atoms with Crippen molar-refractivity contribution in [1.29, 1.82) is 0 Å². The monoisotopic (exact) mass is 316 g/mol. The number of hydrogen-bond acceptors (Lipinski definition) is 5. The van der Waals surface area contributed by atoms with Gasteiger partial charge in [-0.2, -0.15) is 0 Å². The second-order valence-electron chi connectivity index (χ2n) is 9.00. The Kier molecular flexibility index (Phi) is 6.18. The molecule has 0 amide bonds. The summed E-state index contributed by atoms with van der Waals surface area (Å²) in [5, 5.41) is 0. The zero-order valence-electron chi connectivity index (χ0n) is 15.3. The molecule has 130 valence electrons. The van der Waals surface area contributed by atoms with Gasteiger partial charge in [0.05, 0.1) is 11.2 Å². The molecule has 1 aliphatic rings. The molecule has 0 saturated heterocycles. The van der Waals surface area contributed by atoms with Crippen LogP contribution in [0.2, 0.25) is 0 Å². The Morgan fingerprint density at radius 3 is 1.82 bits per heavy atom. The van der Waals surface area contributed by atoms with Gasteiger partial charge in [0.15, 0.2) is 0 Å². The van der Waals surface area contributed by atoms with Gasteiger partial charge in [-0.25, -0.2) is 19.6 Å². The number of Topliss-reactive ketones (excluding diaryl/α,β-unsaturated/α-hetero) is 1. The van der Waals surface area contributed by atoms with Gasteiger partial charge in [0.1, 0.15) is 5.78 Å². The SMILES string of the molecule is CC1(C)CC(=O)CC(C(OOC(C)(C)C)OOC(C)(C)C)C1. The molecule has 1 unspecified atom stereocenters. The van der Waals surface area contributed by atoms with Crippen LogP contribution in [-0.4, -0.2) is 23.3 Å². The van der Waals surface area contributed by atoms with E-state index in [4.69, 9.17) is 19.6 Å². The summed E-state index contributed by atoms with van der Waals surface area (Å²) in [6, 6.07) is 0. The molecule has 0 bridgehead atoms. The number of rotatable bonds is 5. The van der Waals surface area contributed by atoms with Crippen LogP contribution in [0.15, 0.2) is 0 Å². The van der Waals surface area contributed by atoms with E-state index in [0.29, 0.717) is 12.8 Å². The standard InChI is InChI=1S/C17H32O5/c1-15(2,3)21-19-14(20-22-16(4,5)6)12-9-13(18)11-17(7,8)10-12/h12,14H,9-11H2,1-8H3. The molecule has 0 aromatic heterocycles. The van der Waals surface area contributed by atoms with Crippen LogP contribution in [0.25, 0.3) is 0 Å². The summed E-state index contributed by atoms with van der Waals surface area (Å²) in [6.07, 6.45) is 1.12. The van der Waals surface area contributed by atoms with Crippen molar-refractivity contribution in [3.05, 3.63) is 0 Å². The van der Waals surface area contributed by atoms with Crippen LogP contribution in [-0.2, 0) is 24.3 Å². The first-order chi connectivity index (χ1) is 9.77. The van der Waals surface area contributed by atoms with E-state index >= 15 is 0 Å². The first kappa shape index (κ1) is 19.6. The zero-order chi connectivity index (χ0) is 17.2. The summed E-state index contributed by atoms with van der Waals surface area (Å²) >= 11 is 0. The largest absolute Gasteiger partial charge is 0.300 e. The zero-order valence-corrected chi connectivity index (χ0v) is 15.3. The second-order valence-corrected chi connectivity index (χ2v) is 9.00. The van der Waals surface area contributed by atoms with Gasteiger partial charge in [-0.1, -0.05) is 13.8 Å². The lowest BCUT2D eigenvalue weighted by molar-refractivity contribution is -0.507. The molecule has 1 saturated carbocycles. The van der Waals surface area contributed by atoms with Crippen LogP contribution in [0.4, 0.5) is 0 Å². The van der Waals surface area contributed by atoms with E-state index in [0.717, 1.165) is 6.42 Å². The van der Waals surface area contributed by atoms with E-state index in [1.165, 1.54) is 0 Å². The van der Waals surface area contributed by atoms with Crippen molar-refractivity contribution in [2.24, 2.45) is 11.3 Å². The lowest BCUT2D eigenvalue weighted by atomic mass is 9.71. The lowest BCUT2D eigenvalue weighted by Crippen LogP contribution is -2.40. The molecule has 1 rings (SSSR count). The van der Waals surface area contributed by atoms with Gasteiger partial charge in [0.2, 0.25) is 6.29 Å². The van der Waals surface area contributed by atoms with Gasteiger partial charge in [0.25, 0.3) is 0 Å². The maximum Gasteiger partial charge on any atom is 0.227 e. The summed E-state index contributed by atoms with van der Waals surface area (Å²) in [6.45, 7) is 15.5. The highest BCUT2D eigenvalue weighted by Crippen LogP contribution is 2.39. The van der Waals surface area contributed by atoms with E-state index in [2.05, 4.69) is 13.8 Å². The Balaban J connectivity index is 2.76. The quantitative estimate of drug-likeness (QED) is 0.432. The van der Waals surface area contributed by atoms with Crippen LogP contribution in [0.3, 0.4) is 0 Å². The van der Waals surface area contributed by atoms with Crippen molar-refractivity contribution in [2.75, 3.05) is 0 Å². The fourth-order valence-electron chi connectivity index (χ4n) is 2.50. The summed E-state index contributed by atoms with van der Waals surface area (Å²) in [5.74, 6) is 0.144. The highest BCUT2D eigenvalue weighted by molar-refractivity contribution is 5.80. The van der Waals surface area contributed by atoms with Crippen molar-refractivity contribution >= 4 is 5.78 Å². The summed E-state index contributed by atoms with van der Waals surface area (Å²) in [5.41, 5.74) is -0.983. The molecule has 0 N–H and O–H groups in total. The topological polar surface area (TPSA) is 54.0 Å². The summed E-state index contributed by atoms with van der Waals surface area (Å²) in [4.78, 5) is 33.8. The molecule has 22 heavy (non-hydrogen) atoms. The number of carbonyl (C=O) groups is 1. The normalized spacial score (nSPS) is 23.1. The van der Waals surface area contributed by atoms with Crippen molar-refractivity contribution in [2.45, 2.75) is 92.1 Å². The molecule has 1 fully saturated rings. The first-order valence-corrected chi connectivity index (χ1v) is 7.98. The third-order valence-electron chi connectivity index (χ3n) is 3.15. The molecule has 1 atom stereocenters. The predicted molar refractivity (Wildman–Crippen MR) is 83.8 cm³/mol. The molecule has 0 aromatic carbocycles. The third kappa shape index (κ3) is 7.68. The molecule has 5 nitrogen and oxygen atoms in total. The molecule has 0 aliphatic heterocycles. The predicted octanol–water partition coefficient (Wildman–Crippen LogP) is 4.20. The Morgan fingerprint density at radius 1 is 1.00 bits per heavy atom. The smallest absolute Gasteiger partial charge is 0.227 e. The van der Waals surface area contributed by atoms with Crippen LogP contribution >= 0.6 is 0 Å². The fourth-order valence-corrected chi connectivity index (χ4v) is 2.50. The molecule has 1 aliphatic carbocycles. The summed E-state index contributed by atoms with van der Waals surface area (Å²) in [7, 11) is 0. The number of carbonyl (C=O) groups excluding carboxylic acids is 1. The Morgan fingerprint density at radius 2 is 1.45 bits per heavy atom. The highest BCUT2D eigenvalue weighted by atomic mass is 17.3. The molecule has 0 spiro atoms. The summed E-state index contributed by atoms with van der Waals surface area (Å²) < 4.78 is 0.